The first-order chi connectivity index (χ1) is 12.0. The van der Waals surface area contributed by atoms with Crippen molar-refractivity contribution in [2.24, 2.45) is 0 Å². The van der Waals surface area contributed by atoms with E-state index in [1.807, 2.05) is 55.5 Å². The minimum absolute atomic E-state index is 0.00755. The Balaban J connectivity index is 1.72. The van der Waals surface area contributed by atoms with Gasteiger partial charge in [0.05, 0.1) is 0 Å². The Kier molecular flexibility index (Phi) is 5.03. The van der Waals surface area contributed by atoms with Crippen molar-refractivity contribution in [2.45, 2.75) is 26.7 Å². The van der Waals surface area contributed by atoms with Gasteiger partial charge in [-0.25, -0.2) is 0 Å². The summed E-state index contributed by atoms with van der Waals surface area (Å²) in [6, 6.07) is 20.0. The van der Waals surface area contributed by atoms with Crippen molar-refractivity contribution in [3.63, 3.8) is 0 Å². The molecule has 1 N–H and O–H groups in total. The third-order valence-corrected chi connectivity index (χ3v) is 4.21. The maximum absolute atomic E-state index is 12.4. The number of carbonyl (C=O) groups excluding carboxylic acids is 1. The molecule has 3 aromatic carbocycles. The molecule has 0 spiro atoms. The third-order valence-electron chi connectivity index (χ3n) is 4.21. The Morgan fingerprint density at radius 1 is 1.04 bits per heavy atom. The molecule has 0 atom stereocenters. The topological polar surface area (TPSA) is 38.3 Å². The first kappa shape index (κ1) is 17.0. The lowest BCUT2D eigenvalue weighted by atomic mass is 10.0. The number of ether oxygens (including phenoxy) is 1. The molecule has 3 rings (SSSR count). The van der Waals surface area contributed by atoms with Crippen LogP contribution in [0.2, 0.25) is 0 Å². The van der Waals surface area contributed by atoms with Crippen LogP contribution in [0.25, 0.3) is 10.8 Å². The highest BCUT2D eigenvalue weighted by atomic mass is 16.5. The molecule has 128 valence electrons. The van der Waals surface area contributed by atoms with Gasteiger partial charge in [-0.3, -0.25) is 4.79 Å². The molecule has 0 aliphatic rings. The number of amides is 1. The maximum atomic E-state index is 12.4. The van der Waals surface area contributed by atoms with Crippen LogP contribution in [-0.2, 0) is 4.79 Å². The Bertz CT molecular complexity index is 894. The molecule has 0 aliphatic carbocycles. The fourth-order valence-corrected chi connectivity index (χ4v) is 2.91. The maximum Gasteiger partial charge on any atom is 0.262 e. The van der Waals surface area contributed by atoms with E-state index in [1.165, 1.54) is 0 Å². The highest BCUT2D eigenvalue weighted by molar-refractivity contribution is 6.02. The Hall–Kier alpha value is -2.81. The van der Waals surface area contributed by atoms with Gasteiger partial charge >= 0.3 is 0 Å². The van der Waals surface area contributed by atoms with Crippen molar-refractivity contribution in [3.05, 3.63) is 71.8 Å². The second-order valence-corrected chi connectivity index (χ2v) is 6.56. The summed E-state index contributed by atoms with van der Waals surface area (Å²) in [7, 11) is 0. The largest absolute Gasteiger partial charge is 0.483 e. The molecular weight excluding hydrogens is 310 g/mol. The van der Waals surface area contributed by atoms with Crippen LogP contribution in [0.5, 0.6) is 5.75 Å². The summed E-state index contributed by atoms with van der Waals surface area (Å²) < 4.78 is 5.81. The van der Waals surface area contributed by atoms with E-state index < -0.39 is 0 Å². The molecule has 0 aromatic heterocycles. The third kappa shape index (κ3) is 4.00. The number of rotatable bonds is 5. The number of anilines is 1. The Labute approximate surface area is 148 Å². The van der Waals surface area contributed by atoms with E-state index in [0.717, 1.165) is 33.3 Å². The second kappa shape index (κ2) is 7.39. The summed E-state index contributed by atoms with van der Waals surface area (Å²) in [6.45, 7) is 6.25. The summed E-state index contributed by atoms with van der Waals surface area (Å²) in [6.07, 6.45) is 0. The predicted octanol–water partition coefficient (Wildman–Crippen LogP) is 5.29. The minimum atomic E-state index is -0.160. The average Bonchev–Trinajstić information content (AvgIpc) is 2.60. The standard InChI is InChI=1S/C22H23NO2/c1-15(2)18-12-11-16(3)13-21(18)25-14-22(24)23-20-10-6-8-17-7-4-5-9-19(17)20/h4-13,15H,14H2,1-3H3,(H,23,24). The van der Waals surface area contributed by atoms with Crippen molar-refractivity contribution in [1.82, 2.24) is 0 Å². The molecule has 25 heavy (non-hydrogen) atoms. The number of hydrogen-bond acceptors (Lipinski definition) is 2. The molecule has 0 unspecified atom stereocenters. The normalized spacial score (nSPS) is 10.9. The second-order valence-electron chi connectivity index (χ2n) is 6.56. The summed E-state index contributed by atoms with van der Waals surface area (Å²) in [5.41, 5.74) is 3.04. The molecule has 0 fully saturated rings. The average molecular weight is 333 g/mol. The van der Waals surface area contributed by atoms with Crippen LogP contribution in [-0.4, -0.2) is 12.5 Å². The molecule has 3 heteroatoms. The van der Waals surface area contributed by atoms with Gasteiger partial charge in [0.1, 0.15) is 5.75 Å². The van der Waals surface area contributed by atoms with Gasteiger partial charge in [0, 0.05) is 11.1 Å². The van der Waals surface area contributed by atoms with Crippen LogP contribution in [0, 0.1) is 6.92 Å². The van der Waals surface area contributed by atoms with Gasteiger partial charge in [0.2, 0.25) is 0 Å². The number of nitrogens with one attached hydrogen (secondary N) is 1. The summed E-state index contributed by atoms with van der Waals surface area (Å²) >= 11 is 0. The fourth-order valence-electron chi connectivity index (χ4n) is 2.91. The molecule has 3 aromatic rings. The zero-order chi connectivity index (χ0) is 17.8. The number of hydrogen-bond donors (Lipinski definition) is 1. The lowest BCUT2D eigenvalue weighted by Crippen LogP contribution is -2.20. The van der Waals surface area contributed by atoms with Crippen LogP contribution in [0.15, 0.2) is 60.7 Å². The molecular formula is C22H23NO2. The Morgan fingerprint density at radius 2 is 1.80 bits per heavy atom. The van der Waals surface area contributed by atoms with Crippen LogP contribution >= 0.6 is 0 Å². The summed E-state index contributed by atoms with van der Waals surface area (Å²) in [4.78, 5) is 12.4. The molecule has 0 bridgehead atoms. The number of benzene rings is 3. The van der Waals surface area contributed by atoms with Gasteiger partial charge in [-0.15, -0.1) is 0 Å². The fraction of sp³-hybridized carbons (Fsp3) is 0.227. The zero-order valence-corrected chi connectivity index (χ0v) is 14.9. The Morgan fingerprint density at radius 3 is 2.60 bits per heavy atom. The number of carbonyl (C=O) groups is 1. The molecule has 3 nitrogen and oxygen atoms in total. The van der Waals surface area contributed by atoms with Crippen molar-refractivity contribution in [1.29, 1.82) is 0 Å². The van der Waals surface area contributed by atoms with Crippen molar-refractivity contribution >= 4 is 22.4 Å². The molecule has 0 radical (unpaired) electrons. The van der Waals surface area contributed by atoms with E-state index in [2.05, 4.69) is 31.3 Å². The van der Waals surface area contributed by atoms with Crippen LogP contribution in [0.3, 0.4) is 0 Å². The zero-order valence-electron chi connectivity index (χ0n) is 14.9. The summed E-state index contributed by atoms with van der Waals surface area (Å²) in [5, 5.41) is 5.08. The molecule has 0 heterocycles. The first-order valence-electron chi connectivity index (χ1n) is 8.55. The van der Waals surface area contributed by atoms with Gasteiger partial charge < -0.3 is 10.1 Å². The lowest BCUT2D eigenvalue weighted by Gasteiger charge is -2.15. The van der Waals surface area contributed by atoms with Gasteiger partial charge in [0.15, 0.2) is 6.61 Å². The predicted molar refractivity (Wildman–Crippen MR) is 103 cm³/mol. The van der Waals surface area contributed by atoms with Crippen molar-refractivity contribution in [2.75, 3.05) is 11.9 Å². The van der Waals surface area contributed by atoms with E-state index >= 15 is 0 Å². The van der Waals surface area contributed by atoms with E-state index in [9.17, 15) is 4.79 Å². The smallest absolute Gasteiger partial charge is 0.262 e. The quantitative estimate of drug-likeness (QED) is 0.689. The molecule has 0 saturated carbocycles. The van der Waals surface area contributed by atoms with E-state index in [-0.39, 0.29) is 12.5 Å². The monoisotopic (exact) mass is 333 g/mol. The molecule has 1 amide bonds. The molecule has 0 aliphatic heterocycles. The molecule has 0 saturated heterocycles. The lowest BCUT2D eigenvalue weighted by molar-refractivity contribution is -0.118. The number of fused-ring (bicyclic) bond motifs is 1. The van der Waals surface area contributed by atoms with E-state index in [4.69, 9.17) is 4.74 Å². The number of aryl methyl sites for hydroxylation is 1. The van der Waals surface area contributed by atoms with Gasteiger partial charge in [-0.1, -0.05) is 62.4 Å². The van der Waals surface area contributed by atoms with Crippen molar-refractivity contribution in [3.8, 4) is 5.75 Å². The van der Waals surface area contributed by atoms with Gasteiger partial charge in [0.25, 0.3) is 5.91 Å². The highest BCUT2D eigenvalue weighted by Crippen LogP contribution is 2.28. The van der Waals surface area contributed by atoms with Gasteiger partial charge in [-0.05, 0) is 41.5 Å². The van der Waals surface area contributed by atoms with Crippen LogP contribution < -0.4 is 10.1 Å². The van der Waals surface area contributed by atoms with Crippen LogP contribution in [0.4, 0.5) is 5.69 Å². The highest BCUT2D eigenvalue weighted by Gasteiger charge is 2.11. The van der Waals surface area contributed by atoms with Crippen molar-refractivity contribution < 1.29 is 9.53 Å². The van der Waals surface area contributed by atoms with E-state index in [1.54, 1.807) is 0 Å². The first-order valence-corrected chi connectivity index (χ1v) is 8.55. The summed E-state index contributed by atoms with van der Waals surface area (Å²) in [5.74, 6) is 0.965. The SMILES string of the molecule is Cc1ccc(C(C)C)c(OCC(=O)Nc2cccc3ccccc23)c1. The minimum Gasteiger partial charge on any atom is -0.483 e. The van der Waals surface area contributed by atoms with Crippen LogP contribution in [0.1, 0.15) is 30.9 Å². The van der Waals surface area contributed by atoms with Gasteiger partial charge in [-0.2, -0.15) is 0 Å². The van der Waals surface area contributed by atoms with E-state index in [0.29, 0.717) is 5.92 Å².